The Balaban J connectivity index is 1.50. The van der Waals surface area contributed by atoms with E-state index < -0.39 is 8.32 Å². The van der Waals surface area contributed by atoms with Gasteiger partial charge >= 0.3 is 0 Å². The summed E-state index contributed by atoms with van der Waals surface area (Å²) in [5.41, 5.74) is 7.11. The van der Waals surface area contributed by atoms with Gasteiger partial charge in [-0.05, 0) is 79.5 Å². The highest BCUT2D eigenvalue weighted by atomic mass is 32.2. The van der Waals surface area contributed by atoms with Crippen molar-refractivity contribution >= 4 is 37.5 Å². The Kier molecular flexibility index (Phi) is 8.83. The molecule has 3 aromatic heterocycles. The van der Waals surface area contributed by atoms with Gasteiger partial charge in [0.2, 0.25) is 0 Å². The summed E-state index contributed by atoms with van der Waals surface area (Å²) < 4.78 is 8.61. The lowest BCUT2D eigenvalue weighted by molar-refractivity contribution is 0.102. The van der Waals surface area contributed by atoms with E-state index >= 15 is 0 Å². The monoisotopic (exact) mass is 614 g/mol. The summed E-state index contributed by atoms with van der Waals surface area (Å²) >= 11 is 1.88. The maximum absolute atomic E-state index is 13.2. The standard InChI is InChI=1S/C33H42N6O2SSi/c1-21-18-23(32(40)37-26-13-11-17-34-22(26)2)14-15-25(21)30-28-29(27-12-9-10-16-35-27)38-39(6)31(28)36-24(20-42-30)19-41-43(7,8)33(3,4)5/h9-18,24,30,36H,19-20H2,1-8H3,(H,37,40). The van der Waals surface area contributed by atoms with Crippen LogP contribution in [0.3, 0.4) is 0 Å². The van der Waals surface area contributed by atoms with Gasteiger partial charge in [-0.1, -0.05) is 32.9 Å². The Morgan fingerprint density at radius 1 is 1.12 bits per heavy atom. The van der Waals surface area contributed by atoms with Gasteiger partial charge in [0.25, 0.3) is 5.91 Å². The van der Waals surface area contributed by atoms with Crippen molar-refractivity contribution in [3.05, 3.63) is 88.9 Å². The first kappa shape index (κ1) is 31.0. The van der Waals surface area contributed by atoms with Crippen LogP contribution in [0.15, 0.2) is 60.9 Å². The lowest BCUT2D eigenvalue weighted by atomic mass is 9.96. The van der Waals surface area contributed by atoms with Crippen LogP contribution in [0, 0.1) is 13.8 Å². The van der Waals surface area contributed by atoms with Crippen molar-refractivity contribution < 1.29 is 9.22 Å². The van der Waals surface area contributed by atoms with Crippen molar-refractivity contribution in [2.75, 3.05) is 23.0 Å². The zero-order valence-electron chi connectivity index (χ0n) is 26.4. The molecule has 0 saturated heterocycles. The number of carbonyl (C=O) groups excluding carboxylic acids is 1. The van der Waals surface area contributed by atoms with Crippen molar-refractivity contribution in [1.82, 2.24) is 19.7 Å². The first-order valence-corrected chi connectivity index (χ1v) is 18.7. The van der Waals surface area contributed by atoms with E-state index in [4.69, 9.17) is 9.52 Å². The smallest absolute Gasteiger partial charge is 0.255 e. The van der Waals surface area contributed by atoms with Crippen LogP contribution in [-0.4, -0.2) is 52.4 Å². The summed E-state index contributed by atoms with van der Waals surface area (Å²) in [5.74, 6) is 1.69. The first-order valence-electron chi connectivity index (χ1n) is 14.7. The number of amides is 1. The molecule has 1 aliphatic rings. The van der Waals surface area contributed by atoms with Crippen molar-refractivity contribution in [2.45, 2.75) is 64.0 Å². The average molecular weight is 615 g/mol. The van der Waals surface area contributed by atoms with E-state index in [1.54, 1.807) is 12.4 Å². The van der Waals surface area contributed by atoms with Crippen LogP contribution in [0.1, 0.15) is 58.8 Å². The number of fused-ring (bicyclic) bond motifs is 1. The molecular weight excluding hydrogens is 573 g/mol. The minimum Gasteiger partial charge on any atom is -0.415 e. The lowest BCUT2D eigenvalue weighted by Crippen LogP contribution is -2.44. The van der Waals surface area contributed by atoms with Gasteiger partial charge in [-0.15, -0.1) is 11.8 Å². The van der Waals surface area contributed by atoms with Gasteiger partial charge in [-0.3, -0.25) is 19.4 Å². The van der Waals surface area contributed by atoms with E-state index in [-0.39, 0.29) is 22.2 Å². The molecule has 43 heavy (non-hydrogen) atoms. The van der Waals surface area contributed by atoms with Gasteiger partial charge in [0, 0.05) is 36.3 Å². The highest BCUT2D eigenvalue weighted by Crippen LogP contribution is 2.47. The number of nitrogens with zero attached hydrogens (tertiary/aromatic N) is 4. The summed E-state index contributed by atoms with van der Waals surface area (Å²) in [4.78, 5) is 22.1. The molecule has 1 amide bonds. The highest BCUT2D eigenvalue weighted by molar-refractivity contribution is 7.99. The number of hydrogen-bond donors (Lipinski definition) is 2. The van der Waals surface area contributed by atoms with E-state index in [1.807, 2.05) is 72.9 Å². The van der Waals surface area contributed by atoms with Crippen LogP contribution in [0.25, 0.3) is 11.4 Å². The Morgan fingerprint density at radius 2 is 1.88 bits per heavy atom. The normalized spacial score (nSPS) is 17.1. The number of pyridine rings is 2. The molecule has 4 heterocycles. The molecular formula is C33H42N6O2SSi. The maximum atomic E-state index is 13.2. The van der Waals surface area contributed by atoms with E-state index in [9.17, 15) is 4.79 Å². The number of aromatic nitrogens is 4. The van der Waals surface area contributed by atoms with E-state index in [2.05, 4.69) is 67.5 Å². The average Bonchev–Trinajstić information content (AvgIpc) is 3.15. The molecule has 5 rings (SSSR count). The molecule has 226 valence electrons. The third-order valence-corrected chi connectivity index (χ3v) is 14.5. The molecule has 4 aromatic rings. The predicted octanol–water partition coefficient (Wildman–Crippen LogP) is 7.38. The highest BCUT2D eigenvalue weighted by Gasteiger charge is 2.39. The minimum atomic E-state index is -1.92. The molecule has 0 aliphatic carbocycles. The topological polar surface area (TPSA) is 94.0 Å². The summed E-state index contributed by atoms with van der Waals surface area (Å²) in [6.45, 7) is 16.0. The van der Waals surface area contributed by atoms with E-state index in [0.29, 0.717) is 17.9 Å². The van der Waals surface area contributed by atoms with Crippen molar-refractivity contribution in [3.63, 3.8) is 0 Å². The second-order valence-electron chi connectivity index (χ2n) is 12.7. The molecule has 10 heteroatoms. The number of benzene rings is 1. The molecule has 2 unspecified atom stereocenters. The molecule has 1 aromatic carbocycles. The molecule has 0 radical (unpaired) electrons. The number of anilines is 2. The lowest BCUT2D eigenvalue weighted by Gasteiger charge is -2.37. The zero-order chi connectivity index (χ0) is 30.9. The molecule has 0 bridgehead atoms. The maximum Gasteiger partial charge on any atom is 0.255 e. The number of thioether (sulfide) groups is 1. The van der Waals surface area contributed by atoms with Crippen molar-refractivity contribution in [1.29, 1.82) is 0 Å². The number of aryl methyl sites for hydroxylation is 3. The number of hydrogen-bond acceptors (Lipinski definition) is 7. The second-order valence-corrected chi connectivity index (χ2v) is 18.7. The Labute approximate surface area is 260 Å². The summed E-state index contributed by atoms with van der Waals surface area (Å²) in [6.07, 6.45) is 3.53. The SMILES string of the molecule is Cc1cc(C(=O)Nc2cccnc2C)ccc1C1SCC(CO[Si](C)(C)C(C)(C)C)Nc2c1c(-c1ccccn1)nn2C. The van der Waals surface area contributed by atoms with Gasteiger partial charge in [0.1, 0.15) is 11.5 Å². The molecule has 2 atom stereocenters. The van der Waals surface area contributed by atoms with Gasteiger partial charge in [-0.2, -0.15) is 5.10 Å². The van der Waals surface area contributed by atoms with Gasteiger partial charge < -0.3 is 15.1 Å². The van der Waals surface area contributed by atoms with Crippen LogP contribution in [-0.2, 0) is 11.5 Å². The third kappa shape index (κ3) is 6.56. The van der Waals surface area contributed by atoms with Crippen LogP contribution >= 0.6 is 11.8 Å². The van der Waals surface area contributed by atoms with E-state index in [0.717, 1.165) is 45.3 Å². The van der Waals surface area contributed by atoms with E-state index in [1.165, 1.54) is 0 Å². The molecule has 0 fully saturated rings. The fourth-order valence-corrected chi connectivity index (χ4v) is 7.45. The number of nitrogens with one attached hydrogen (secondary N) is 2. The third-order valence-electron chi connectivity index (χ3n) is 8.58. The molecule has 0 spiro atoms. The molecule has 2 N–H and O–H groups in total. The van der Waals surface area contributed by atoms with Crippen molar-refractivity contribution in [2.24, 2.45) is 7.05 Å². The number of rotatable bonds is 7. The summed E-state index contributed by atoms with van der Waals surface area (Å²) in [5, 5.41) is 11.9. The summed E-state index contributed by atoms with van der Waals surface area (Å²) in [6, 6.07) is 15.7. The van der Waals surface area contributed by atoms with Gasteiger partial charge in [0.15, 0.2) is 8.32 Å². The minimum absolute atomic E-state index is 0.0104. The van der Waals surface area contributed by atoms with Crippen LogP contribution in [0.2, 0.25) is 18.1 Å². The second kappa shape index (κ2) is 12.3. The molecule has 0 saturated carbocycles. The predicted molar refractivity (Wildman–Crippen MR) is 179 cm³/mol. The number of carbonyl (C=O) groups is 1. The molecule has 1 aliphatic heterocycles. The largest absolute Gasteiger partial charge is 0.415 e. The van der Waals surface area contributed by atoms with Gasteiger partial charge in [-0.25, -0.2) is 0 Å². The Morgan fingerprint density at radius 3 is 2.56 bits per heavy atom. The summed E-state index contributed by atoms with van der Waals surface area (Å²) in [7, 11) is 0.0636. The molecule has 8 nitrogen and oxygen atoms in total. The Bertz CT molecular complexity index is 1620. The fourth-order valence-electron chi connectivity index (χ4n) is 4.97. The van der Waals surface area contributed by atoms with Crippen LogP contribution in [0.5, 0.6) is 0 Å². The van der Waals surface area contributed by atoms with Gasteiger partial charge in [0.05, 0.1) is 35.0 Å². The first-order chi connectivity index (χ1) is 20.4. The van der Waals surface area contributed by atoms with Crippen LogP contribution < -0.4 is 10.6 Å². The zero-order valence-corrected chi connectivity index (χ0v) is 28.2. The quantitative estimate of drug-likeness (QED) is 0.210. The van der Waals surface area contributed by atoms with Crippen LogP contribution in [0.4, 0.5) is 11.5 Å². The van der Waals surface area contributed by atoms with Crippen molar-refractivity contribution in [3.8, 4) is 11.4 Å². The Hall–Kier alpha value is -3.47. The fraction of sp³-hybridized carbons (Fsp3) is 0.394.